The minimum absolute atomic E-state index is 0.396. The standard InChI is InChI=1S/C16H14N2O3/c1-21-13-9-5-8-12(10-13)16(11-6-3-2-4-7-11)14(19)17-15(20)18-16/h2-10H,1H3,(H2,17,18,19,20). The first-order valence-electron chi connectivity index (χ1n) is 6.50. The summed E-state index contributed by atoms with van der Waals surface area (Å²) in [6, 6.07) is 15.7. The van der Waals surface area contributed by atoms with Crippen molar-refractivity contribution in [1.29, 1.82) is 0 Å². The van der Waals surface area contributed by atoms with E-state index in [9.17, 15) is 9.59 Å². The minimum Gasteiger partial charge on any atom is -0.497 e. The molecular formula is C16H14N2O3. The van der Waals surface area contributed by atoms with Gasteiger partial charge < -0.3 is 10.1 Å². The predicted octanol–water partition coefficient (Wildman–Crippen LogP) is 1.78. The number of amides is 3. The highest BCUT2D eigenvalue weighted by atomic mass is 16.5. The van der Waals surface area contributed by atoms with Crippen LogP contribution in [0.1, 0.15) is 11.1 Å². The van der Waals surface area contributed by atoms with Crippen molar-refractivity contribution < 1.29 is 14.3 Å². The van der Waals surface area contributed by atoms with Crippen molar-refractivity contribution >= 4 is 11.9 Å². The molecule has 1 aliphatic heterocycles. The number of benzene rings is 2. The second-order valence-corrected chi connectivity index (χ2v) is 4.76. The number of methoxy groups -OCH3 is 1. The molecule has 0 bridgehead atoms. The van der Waals surface area contributed by atoms with E-state index < -0.39 is 17.5 Å². The van der Waals surface area contributed by atoms with Crippen LogP contribution in [0.25, 0.3) is 0 Å². The molecular weight excluding hydrogens is 268 g/mol. The molecule has 2 aromatic carbocycles. The van der Waals surface area contributed by atoms with Crippen LogP contribution in [-0.4, -0.2) is 19.0 Å². The number of imide groups is 1. The summed E-state index contributed by atoms with van der Waals surface area (Å²) in [6.45, 7) is 0. The van der Waals surface area contributed by atoms with Crippen LogP contribution in [0, 0.1) is 0 Å². The Balaban J connectivity index is 2.22. The molecule has 1 aliphatic rings. The first-order chi connectivity index (χ1) is 10.2. The average Bonchev–Trinajstić information content (AvgIpc) is 2.84. The Labute approximate surface area is 121 Å². The Bertz CT molecular complexity index is 700. The molecule has 21 heavy (non-hydrogen) atoms. The molecule has 1 saturated heterocycles. The Hall–Kier alpha value is -2.82. The van der Waals surface area contributed by atoms with E-state index in [0.29, 0.717) is 16.9 Å². The summed E-state index contributed by atoms with van der Waals surface area (Å²) >= 11 is 0. The van der Waals surface area contributed by atoms with E-state index in [4.69, 9.17) is 4.74 Å². The van der Waals surface area contributed by atoms with Gasteiger partial charge in [0.2, 0.25) is 0 Å². The molecule has 5 heteroatoms. The zero-order valence-electron chi connectivity index (χ0n) is 11.4. The van der Waals surface area contributed by atoms with Gasteiger partial charge in [-0.05, 0) is 23.3 Å². The van der Waals surface area contributed by atoms with Gasteiger partial charge in [0.15, 0.2) is 5.54 Å². The van der Waals surface area contributed by atoms with Gasteiger partial charge in [0, 0.05) is 0 Å². The summed E-state index contributed by atoms with van der Waals surface area (Å²) in [6.07, 6.45) is 0. The van der Waals surface area contributed by atoms with E-state index in [1.807, 2.05) is 30.3 Å². The van der Waals surface area contributed by atoms with Crippen LogP contribution in [0.4, 0.5) is 4.79 Å². The highest BCUT2D eigenvalue weighted by Gasteiger charge is 2.49. The monoisotopic (exact) mass is 282 g/mol. The van der Waals surface area contributed by atoms with Gasteiger partial charge in [-0.2, -0.15) is 0 Å². The SMILES string of the molecule is COc1cccc(C2(c3ccccc3)NC(=O)NC2=O)c1. The molecule has 1 heterocycles. The molecule has 0 radical (unpaired) electrons. The molecule has 1 atom stereocenters. The smallest absolute Gasteiger partial charge is 0.322 e. The van der Waals surface area contributed by atoms with Gasteiger partial charge in [-0.15, -0.1) is 0 Å². The third-order valence-corrected chi connectivity index (χ3v) is 3.58. The van der Waals surface area contributed by atoms with Crippen molar-refractivity contribution in [3.8, 4) is 5.75 Å². The maximum absolute atomic E-state index is 12.5. The zero-order valence-corrected chi connectivity index (χ0v) is 11.4. The maximum Gasteiger partial charge on any atom is 0.322 e. The first kappa shape index (κ1) is 13.2. The van der Waals surface area contributed by atoms with Gasteiger partial charge >= 0.3 is 6.03 Å². The summed E-state index contributed by atoms with van der Waals surface area (Å²) in [5.74, 6) is 0.226. The van der Waals surface area contributed by atoms with Crippen LogP contribution in [0.2, 0.25) is 0 Å². The number of urea groups is 1. The van der Waals surface area contributed by atoms with E-state index >= 15 is 0 Å². The molecule has 3 amide bonds. The van der Waals surface area contributed by atoms with Crippen molar-refractivity contribution in [1.82, 2.24) is 10.6 Å². The van der Waals surface area contributed by atoms with Crippen molar-refractivity contribution in [2.45, 2.75) is 5.54 Å². The normalized spacial score (nSPS) is 20.8. The number of nitrogens with one attached hydrogen (secondary N) is 2. The van der Waals surface area contributed by atoms with Gasteiger partial charge in [0.25, 0.3) is 5.91 Å². The Morgan fingerprint density at radius 2 is 1.67 bits per heavy atom. The maximum atomic E-state index is 12.5. The zero-order chi connectivity index (χ0) is 14.9. The van der Waals surface area contributed by atoms with Crippen LogP contribution in [-0.2, 0) is 10.3 Å². The second-order valence-electron chi connectivity index (χ2n) is 4.76. The van der Waals surface area contributed by atoms with Crippen molar-refractivity contribution in [2.75, 3.05) is 7.11 Å². The number of carbonyl (C=O) groups excluding carboxylic acids is 2. The molecule has 2 aromatic rings. The van der Waals surface area contributed by atoms with Gasteiger partial charge in [0.1, 0.15) is 5.75 Å². The average molecular weight is 282 g/mol. The molecule has 2 N–H and O–H groups in total. The molecule has 1 unspecified atom stereocenters. The molecule has 3 rings (SSSR count). The Morgan fingerprint density at radius 3 is 2.29 bits per heavy atom. The lowest BCUT2D eigenvalue weighted by Crippen LogP contribution is -2.44. The summed E-state index contributed by atoms with van der Waals surface area (Å²) in [4.78, 5) is 24.2. The Kier molecular flexibility index (Phi) is 3.10. The fourth-order valence-electron chi connectivity index (χ4n) is 2.57. The third-order valence-electron chi connectivity index (χ3n) is 3.58. The lowest BCUT2D eigenvalue weighted by atomic mass is 9.83. The van der Waals surface area contributed by atoms with Crippen molar-refractivity contribution in [2.24, 2.45) is 0 Å². The summed E-state index contributed by atoms with van der Waals surface area (Å²) in [5.41, 5.74) is 0.116. The van der Waals surface area contributed by atoms with E-state index in [-0.39, 0.29) is 0 Å². The van der Waals surface area contributed by atoms with Gasteiger partial charge in [0.05, 0.1) is 7.11 Å². The molecule has 106 valence electrons. The molecule has 0 spiro atoms. The molecule has 0 aliphatic carbocycles. The molecule has 5 nitrogen and oxygen atoms in total. The number of hydrogen-bond acceptors (Lipinski definition) is 3. The van der Waals surface area contributed by atoms with E-state index in [1.54, 1.807) is 31.4 Å². The summed E-state index contributed by atoms with van der Waals surface area (Å²) in [7, 11) is 1.56. The van der Waals surface area contributed by atoms with E-state index in [1.165, 1.54) is 0 Å². The van der Waals surface area contributed by atoms with Crippen molar-refractivity contribution in [3.63, 3.8) is 0 Å². The van der Waals surface area contributed by atoms with Crippen LogP contribution in [0.3, 0.4) is 0 Å². The predicted molar refractivity (Wildman–Crippen MR) is 76.9 cm³/mol. The molecule has 0 aromatic heterocycles. The van der Waals surface area contributed by atoms with Crippen LogP contribution < -0.4 is 15.4 Å². The topological polar surface area (TPSA) is 67.4 Å². The third kappa shape index (κ3) is 2.03. The summed E-state index contributed by atoms with van der Waals surface area (Å²) in [5, 5.41) is 5.06. The number of ether oxygens (including phenoxy) is 1. The van der Waals surface area contributed by atoms with E-state index in [2.05, 4.69) is 10.6 Å². The fraction of sp³-hybridized carbons (Fsp3) is 0.125. The molecule has 1 fully saturated rings. The summed E-state index contributed by atoms with van der Waals surface area (Å²) < 4.78 is 5.21. The van der Waals surface area contributed by atoms with Crippen molar-refractivity contribution in [3.05, 3.63) is 65.7 Å². The van der Waals surface area contributed by atoms with Crippen LogP contribution >= 0.6 is 0 Å². The Morgan fingerprint density at radius 1 is 0.952 bits per heavy atom. The van der Waals surface area contributed by atoms with Crippen LogP contribution in [0.5, 0.6) is 5.75 Å². The van der Waals surface area contributed by atoms with Gasteiger partial charge in [-0.3, -0.25) is 10.1 Å². The van der Waals surface area contributed by atoms with E-state index in [0.717, 1.165) is 0 Å². The number of rotatable bonds is 3. The minimum atomic E-state index is -1.23. The van der Waals surface area contributed by atoms with Gasteiger partial charge in [-0.1, -0.05) is 42.5 Å². The lowest BCUT2D eigenvalue weighted by Gasteiger charge is -2.27. The quantitative estimate of drug-likeness (QED) is 0.843. The largest absolute Gasteiger partial charge is 0.497 e. The fourth-order valence-corrected chi connectivity index (χ4v) is 2.57. The number of hydrogen-bond donors (Lipinski definition) is 2. The highest BCUT2D eigenvalue weighted by molar-refractivity contribution is 6.09. The first-order valence-corrected chi connectivity index (χ1v) is 6.50. The van der Waals surface area contributed by atoms with Crippen LogP contribution in [0.15, 0.2) is 54.6 Å². The lowest BCUT2D eigenvalue weighted by molar-refractivity contribution is -0.122. The second kappa shape index (κ2) is 4.94. The highest BCUT2D eigenvalue weighted by Crippen LogP contribution is 2.34. The van der Waals surface area contributed by atoms with Gasteiger partial charge in [-0.25, -0.2) is 4.79 Å². The molecule has 0 saturated carbocycles. The number of carbonyl (C=O) groups is 2.